The van der Waals surface area contributed by atoms with Crippen LogP contribution in [0.15, 0.2) is 0 Å². The Morgan fingerprint density at radius 3 is 2.95 bits per heavy atom. The van der Waals surface area contributed by atoms with Gasteiger partial charge in [0.05, 0.1) is 24.1 Å². The van der Waals surface area contributed by atoms with Crippen LogP contribution in [0, 0.1) is 6.92 Å². The SMILES string of the molecule is COc1c(-c2nc3c(s2)CCCC3N)c(C)nn1C. The summed E-state index contributed by atoms with van der Waals surface area (Å²) in [6.07, 6.45) is 3.26. The molecule has 0 amide bonds. The minimum absolute atomic E-state index is 0.0803. The second-order valence-electron chi connectivity index (χ2n) is 4.92. The molecule has 0 aliphatic heterocycles. The zero-order valence-corrected chi connectivity index (χ0v) is 12.3. The van der Waals surface area contributed by atoms with Crippen LogP contribution in [0.4, 0.5) is 0 Å². The molecule has 2 N–H and O–H groups in total. The topological polar surface area (TPSA) is 66.0 Å². The number of hydrogen-bond donors (Lipinski definition) is 1. The summed E-state index contributed by atoms with van der Waals surface area (Å²) < 4.78 is 7.20. The van der Waals surface area contributed by atoms with E-state index < -0.39 is 0 Å². The highest BCUT2D eigenvalue weighted by molar-refractivity contribution is 7.15. The molecular weight excluding hydrogens is 260 g/mol. The van der Waals surface area contributed by atoms with Gasteiger partial charge in [0.2, 0.25) is 5.88 Å². The van der Waals surface area contributed by atoms with Crippen molar-refractivity contribution in [2.45, 2.75) is 32.2 Å². The second-order valence-corrected chi connectivity index (χ2v) is 6.00. The van der Waals surface area contributed by atoms with Gasteiger partial charge in [0.15, 0.2) is 0 Å². The van der Waals surface area contributed by atoms with Crippen molar-refractivity contribution in [1.82, 2.24) is 14.8 Å². The van der Waals surface area contributed by atoms with Gasteiger partial charge in [0, 0.05) is 18.0 Å². The smallest absolute Gasteiger partial charge is 0.222 e. The predicted octanol–water partition coefficient (Wildman–Crippen LogP) is 2.20. The molecule has 5 nitrogen and oxygen atoms in total. The highest BCUT2D eigenvalue weighted by Gasteiger charge is 2.25. The van der Waals surface area contributed by atoms with E-state index in [0.29, 0.717) is 0 Å². The fraction of sp³-hybridized carbons (Fsp3) is 0.538. The normalized spacial score (nSPS) is 18.4. The molecule has 2 heterocycles. The fourth-order valence-electron chi connectivity index (χ4n) is 2.68. The number of nitrogens with two attached hydrogens (primary N) is 1. The average Bonchev–Trinajstić information content (AvgIpc) is 2.90. The van der Waals surface area contributed by atoms with Gasteiger partial charge in [0.1, 0.15) is 5.01 Å². The molecule has 2 aromatic rings. The van der Waals surface area contributed by atoms with Crippen LogP contribution in [0.2, 0.25) is 0 Å². The molecule has 0 bridgehead atoms. The molecule has 3 rings (SSSR count). The lowest BCUT2D eigenvalue weighted by molar-refractivity contribution is 0.375. The van der Waals surface area contributed by atoms with E-state index in [9.17, 15) is 0 Å². The number of rotatable bonds is 2. The maximum Gasteiger partial charge on any atom is 0.222 e. The number of methoxy groups -OCH3 is 1. The fourth-order valence-corrected chi connectivity index (χ4v) is 3.94. The molecule has 1 unspecified atom stereocenters. The van der Waals surface area contributed by atoms with E-state index in [-0.39, 0.29) is 6.04 Å². The molecule has 0 radical (unpaired) electrons. The van der Waals surface area contributed by atoms with Gasteiger partial charge in [-0.15, -0.1) is 11.3 Å². The van der Waals surface area contributed by atoms with E-state index >= 15 is 0 Å². The molecular formula is C13H18N4OS. The molecule has 19 heavy (non-hydrogen) atoms. The van der Waals surface area contributed by atoms with Gasteiger partial charge < -0.3 is 10.5 Å². The largest absolute Gasteiger partial charge is 0.481 e. The van der Waals surface area contributed by atoms with Gasteiger partial charge in [-0.3, -0.25) is 0 Å². The molecule has 6 heteroatoms. The van der Waals surface area contributed by atoms with E-state index in [1.807, 2.05) is 14.0 Å². The van der Waals surface area contributed by atoms with Crippen LogP contribution in [-0.4, -0.2) is 21.9 Å². The van der Waals surface area contributed by atoms with Gasteiger partial charge in [-0.05, 0) is 26.2 Å². The van der Waals surface area contributed by atoms with Crippen molar-refractivity contribution in [2.24, 2.45) is 12.8 Å². The van der Waals surface area contributed by atoms with E-state index in [1.54, 1.807) is 23.1 Å². The van der Waals surface area contributed by atoms with E-state index in [4.69, 9.17) is 15.5 Å². The van der Waals surface area contributed by atoms with Crippen molar-refractivity contribution in [2.75, 3.05) is 7.11 Å². The minimum atomic E-state index is 0.0803. The minimum Gasteiger partial charge on any atom is -0.481 e. The van der Waals surface area contributed by atoms with Crippen molar-refractivity contribution < 1.29 is 4.74 Å². The van der Waals surface area contributed by atoms with Crippen molar-refractivity contribution >= 4 is 11.3 Å². The first kappa shape index (κ1) is 12.6. The molecule has 1 aliphatic carbocycles. The Hall–Kier alpha value is -1.40. The van der Waals surface area contributed by atoms with Crippen LogP contribution >= 0.6 is 11.3 Å². The summed E-state index contributed by atoms with van der Waals surface area (Å²) in [5.41, 5.74) is 9.15. The highest BCUT2D eigenvalue weighted by atomic mass is 32.1. The van der Waals surface area contributed by atoms with Gasteiger partial charge in [0.25, 0.3) is 0 Å². The van der Waals surface area contributed by atoms with Gasteiger partial charge >= 0.3 is 0 Å². The molecule has 2 aromatic heterocycles. The Morgan fingerprint density at radius 2 is 2.26 bits per heavy atom. The Balaban J connectivity index is 2.13. The van der Waals surface area contributed by atoms with Crippen molar-refractivity contribution in [3.63, 3.8) is 0 Å². The summed E-state index contributed by atoms with van der Waals surface area (Å²) in [6.45, 7) is 1.98. The van der Waals surface area contributed by atoms with E-state index in [2.05, 4.69) is 5.10 Å². The second kappa shape index (κ2) is 4.61. The molecule has 0 fully saturated rings. The number of fused-ring (bicyclic) bond motifs is 1. The van der Waals surface area contributed by atoms with Crippen molar-refractivity contribution in [3.05, 3.63) is 16.3 Å². The van der Waals surface area contributed by atoms with Crippen molar-refractivity contribution in [3.8, 4) is 16.5 Å². The van der Waals surface area contributed by atoms with Gasteiger partial charge in [-0.2, -0.15) is 5.10 Å². The summed E-state index contributed by atoms with van der Waals surface area (Å²) in [6, 6.07) is 0.0803. The van der Waals surface area contributed by atoms with E-state index in [1.165, 1.54) is 4.88 Å². The third-order valence-electron chi connectivity index (χ3n) is 3.57. The summed E-state index contributed by atoms with van der Waals surface area (Å²) in [5.74, 6) is 0.761. The number of hydrogen-bond acceptors (Lipinski definition) is 5. The Kier molecular flexibility index (Phi) is 3.06. The van der Waals surface area contributed by atoms with Crippen LogP contribution in [0.1, 0.15) is 35.1 Å². The first-order valence-corrected chi connectivity index (χ1v) is 7.26. The summed E-state index contributed by atoms with van der Waals surface area (Å²) in [5, 5.41) is 5.39. The van der Waals surface area contributed by atoms with Crippen LogP contribution < -0.4 is 10.5 Å². The standard InChI is InChI=1S/C13H18N4OS/c1-7-10(13(18-3)17(2)16-7)12-15-11-8(14)5-4-6-9(11)19-12/h8H,4-6,14H2,1-3H3. The maximum atomic E-state index is 6.14. The number of nitrogens with zero attached hydrogens (tertiary/aromatic N) is 3. The summed E-state index contributed by atoms with van der Waals surface area (Å²) in [7, 11) is 3.55. The first-order chi connectivity index (χ1) is 9.11. The number of ether oxygens (including phenoxy) is 1. The lowest BCUT2D eigenvalue weighted by Gasteiger charge is -2.15. The molecule has 0 saturated carbocycles. The maximum absolute atomic E-state index is 6.14. The first-order valence-electron chi connectivity index (χ1n) is 6.45. The molecule has 102 valence electrons. The highest BCUT2D eigenvalue weighted by Crippen LogP contribution is 2.40. The zero-order chi connectivity index (χ0) is 13.6. The number of aryl methyl sites for hydroxylation is 3. The monoisotopic (exact) mass is 278 g/mol. The van der Waals surface area contributed by atoms with Crippen LogP contribution in [0.25, 0.3) is 10.6 Å². The van der Waals surface area contributed by atoms with Crippen LogP contribution in [0.3, 0.4) is 0 Å². The lowest BCUT2D eigenvalue weighted by atomic mass is 9.99. The third kappa shape index (κ3) is 1.95. The average molecular weight is 278 g/mol. The van der Waals surface area contributed by atoms with Crippen LogP contribution in [0.5, 0.6) is 5.88 Å². The number of thiazole rings is 1. The molecule has 1 atom stereocenters. The number of aromatic nitrogens is 3. The Morgan fingerprint density at radius 1 is 1.47 bits per heavy atom. The third-order valence-corrected chi connectivity index (χ3v) is 4.72. The van der Waals surface area contributed by atoms with Gasteiger partial charge in [-0.25, -0.2) is 9.67 Å². The van der Waals surface area contributed by atoms with E-state index in [0.717, 1.165) is 47.1 Å². The summed E-state index contributed by atoms with van der Waals surface area (Å²) >= 11 is 1.72. The lowest BCUT2D eigenvalue weighted by Crippen LogP contribution is -2.16. The van der Waals surface area contributed by atoms with Crippen LogP contribution in [-0.2, 0) is 13.5 Å². The zero-order valence-electron chi connectivity index (χ0n) is 11.4. The predicted molar refractivity (Wildman–Crippen MR) is 75.5 cm³/mol. The van der Waals surface area contributed by atoms with Gasteiger partial charge in [-0.1, -0.05) is 0 Å². The Bertz CT molecular complexity index is 616. The quantitative estimate of drug-likeness (QED) is 0.914. The van der Waals surface area contributed by atoms with Crippen molar-refractivity contribution in [1.29, 1.82) is 0 Å². The molecule has 0 saturated heterocycles. The summed E-state index contributed by atoms with van der Waals surface area (Å²) in [4.78, 5) is 6.06. The molecule has 0 aromatic carbocycles. The molecule has 0 spiro atoms. The molecule has 1 aliphatic rings. The Labute approximate surface area is 116 Å².